The summed E-state index contributed by atoms with van der Waals surface area (Å²) in [5.41, 5.74) is 2.22. The number of carbonyl (C=O) groups is 2. The van der Waals surface area contributed by atoms with E-state index in [4.69, 9.17) is 0 Å². The molecule has 2 aliphatic rings. The largest absolute Gasteiger partial charge is 0.393 e. The van der Waals surface area contributed by atoms with Crippen molar-refractivity contribution in [3.05, 3.63) is 46.9 Å². The first kappa shape index (κ1) is 29.5. The molecule has 0 radical (unpaired) electrons. The first-order valence-corrected chi connectivity index (χ1v) is 14.3. The molecule has 0 saturated heterocycles. The first-order valence-electron chi connectivity index (χ1n) is 13.4. The summed E-state index contributed by atoms with van der Waals surface area (Å²) in [6.07, 6.45) is 12.2. The smallest absolute Gasteiger partial charge is 0.321 e. The average molecular weight is 542 g/mol. The van der Waals surface area contributed by atoms with Crippen LogP contribution in [-0.4, -0.2) is 47.1 Å². The lowest BCUT2D eigenvalue weighted by Gasteiger charge is -2.29. The molecule has 4 N–H and O–H groups in total. The van der Waals surface area contributed by atoms with Crippen LogP contribution in [0.1, 0.15) is 71.8 Å². The van der Waals surface area contributed by atoms with Gasteiger partial charge in [0.2, 0.25) is 5.91 Å². The molecule has 38 heavy (non-hydrogen) atoms. The summed E-state index contributed by atoms with van der Waals surface area (Å²) in [6.45, 7) is 8.39. The van der Waals surface area contributed by atoms with Gasteiger partial charge in [-0.2, -0.15) is 5.10 Å². The number of urea groups is 1. The van der Waals surface area contributed by atoms with Crippen molar-refractivity contribution in [3.63, 3.8) is 0 Å². The summed E-state index contributed by atoms with van der Waals surface area (Å²) in [7, 11) is 3.72. The second-order valence-corrected chi connectivity index (χ2v) is 12.4. The van der Waals surface area contributed by atoms with Crippen LogP contribution in [0.15, 0.2) is 46.4 Å². The fraction of sp³-hybridized carbons (Fsp3) is 0.571. The Hall–Kier alpha value is -3.01. The Morgan fingerprint density at radius 1 is 1.26 bits per heavy atom. The van der Waals surface area contributed by atoms with Gasteiger partial charge >= 0.3 is 6.03 Å². The summed E-state index contributed by atoms with van der Waals surface area (Å²) in [5, 5.41) is 18.2. The predicted octanol–water partition coefficient (Wildman–Crippen LogP) is 5.16. The predicted molar refractivity (Wildman–Crippen MR) is 156 cm³/mol. The Labute approximate surface area is 231 Å². The topological polar surface area (TPSA) is 111 Å². The van der Waals surface area contributed by atoms with Gasteiger partial charge in [0.05, 0.1) is 5.37 Å². The normalized spacial score (nSPS) is 17.1. The molecule has 1 aliphatic carbocycles. The number of anilines is 1. The number of nitrogens with zero attached hydrogens (tertiary/aromatic N) is 3. The van der Waals surface area contributed by atoms with Crippen LogP contribution in [0.25, 0.3) is 0 Å². The van der Waals surface area contributed by atoms with Crippen molar-refractivity contribution in [1.82, 2.24) is 25.9 Å². The molecule has 1 aromatic heterocycles. The number of hydrogen-bond donors (Lipinski definition) is 4. The van der Waals surface area contributed by atoms with E-state index < -0.39 is 0 Å². The second kappa shape index (κ2) is 13.7. The van der Waals surface area contributed by atoms with Gasteiger partial charge in [0.25, 0.3) is 0 Å². The van der Waals surface area contributed by atoms with E-state index in [1.165, 1.54) is 0 Å². The van der Waals surface area contributed by atoms with Gasteiger partial charge in [-0.15, -0.1) is 11.8 Å². The number of nitrogens with one attached hydrogen (secondary N) is 4. The van der Waals surface area contributed by atoms with Crippen molar-refractivity contribution < 1.29 is 9.59 Å². The molecule has 3 rings (SSSR count). The molecule has 208 valence electrons. The zero-order chi connectivity index (χ0) is 27.7. The third-order valence-electron chi connectivity index (χ3n) is 6.62. The molecule has 9 nitrogen and oxygen atoms in total. The van der Waals surface area contributed by atoms with E-state index in [-0.39, 0.29) is 28.6 Å². The van der Waals surface area contributed by atoms with E-state index in [0.29, 0.717) is 18.1 Å². The molecule has 1 aromatic rings. The molecule has 0 spiro atoms. The summed E-state index contributed by atoms with van der Waals surface area (Å²) < 4.78 is 0. The molecule has 1 atom stereocenters. The molecule has 1 unspecified atom stereocenters. The number of aryl methyl sites for hydroxylation is 1. The van der Waals surface area contributed by atoms with E-state index in [1.807, 2.05) is 45.4 Å². The molecule has 10 heteroatoms. The van der Waals surface area contributed by atoms with E-state index in [9.17, 15) is 9.59 Å². The van der Waals surface area contributed by atoms with Gasteiger partial charge in [0.15, 0.2) is 0 Å². The minimum Gasteiger partial charge on any atom is -0.393 e. The Morgan fingerprint density at radius 3 is 2.66 bits per heavy atom. The maximum Gasteiger partial charge on any atom is 0.321 e. The van der Waals surface area contributed by atoms with Crippen LogP contribution in [0.3, 0.4) is 0 Å². The van der Waals surface area contributed by atoms with Crippen LogP contribution in [0.5, 0.6) is 0 Å². The van der Waals surface area contributed by atoms with Crippen LogP contribution in [-0.2, 0) is 11.2 Å². The lowest BCUT2D eigenvalue weighted by molar-refractivity contribution is -0.122. The molecule has 1 saturated carbocycles. The summed E-state index contributed by atoms with van der Waals surface area (Å²) in [6, 6.07) is 3.70. The minimum absolute atomic E-state index is 0.00903. The lowest BCUT2D eigenvalue weighted by atomic mass is 9.85. The number of hydrogen-bond acceptors (Lipinski definition) is 7. The Kier molecular flexibility index (Phi) is 10.6. The van der Waals surface area contributed by atoms with Crippen molar-refractivity contribution in [1.29, 1.82) is 0 Å². The number of pyridine rings is 1. The standard InChI is InChI=1S/C28H43N7O2S/c1-19(31-27(37)33-25-14-13-23(28(2,3)4)34-35(25)6)38-22(18-29-5)12-7-9-20-15-16-30-24(17-20)32-26(36)21-10-8-11-21/h14-19,21,29H,7-13H2,1-6H3,(H,30,32,36)(H2,31,33,37)/b22-18-. The van der Waals surface area contributed by atoms with Crippen molar-refractivity contribution in [2.45, 2.75) is 78.0 Å². The molecular weight excluding hydrogens is 498 g/mol. The second-order valence-electron chi connectivity index (χ2n) is 10.9. The number of hydrazone groups is 1. The van der Waals surface area contributed by atoms with Crippen LogP contribution < -0.4 is 21.3 Å². The Bertz CT molecular complexity index is 1070. The van der Waals surface area contributed by atoms with Crippen LogP contribution >= 0.6 is 11.8 Å². The third kappa shape index (κ3) is 9.08. The number of carbonyl (C=O) groups excluding carboxylic acids is 2. The molecule has 2 heterocycles. The number of aromatic nitrogens is 1. The maximum atomic E-state index is 12.6. The van der Waals surface area contributed by atoms with Crippen molar-refractivity contribution in [3.8, 4) is 0 Å². The molecule has 0 bridgehead atoms. The number of allylic oxidation sites excluding steroid dienone is 2. The van der Waals surface area contributed by atoms with E-state index in [0.717, 1.165) is 54.7 Å². The highest BCUT2D eigenvalue weighted by Gasteiger charge is 2.25. The van der Waals surface area contributed by atoms with Crippen molar-refractivity contribution >= 4 is 35.2 Å². The highest BCUT2D eigenvalue weighted by Crippen LogP contribution is 2.28. The quantitative estimate of drug-likeness (QED) is 0.288. The van der Waals surface area contributed by atoms with Crippen LogP contribution in [0.4, 0.5) is 10.6 Å². The fourth-order valence-corrected chi connectivity index (χ4v) is 5.24. The van der Waals surface area contributed by atoms with E-state index in [2.05, 4.69) is 52.1 Å². The number of amides is 3. The van der Waals surface area contributed by atoms with Gasteiger partial charge in [0, 0.05) is 54.9 Å². The maximum absolute atomic E-state index is 12.6. The van der Waals surface area contributed by atoms with Crippen molar-refractivity contribution in [2.24, 2.45) is 16.4 Å². The van der Waals surface area contributed by atoms with Gasteiger partial charge < -0.3 is 16.0 Å². The minimum atomic E-state index is -0.255. The third-order valence-corrected chi connectivity index (χ3v) is 7.72. The van der Waals surface area contributed by atoms with Gasteiger partial charge in [-0.1, -0.05) is 27.2 Å². The van der Waals surface area contributed by atoms with E-state index >= 15 is 0 Å². The summed E-state index contributed by atoms with van der Waals surface area (Å²) in [5.74, 6) is 1.53. The van der Waals surface area contributed by atoms with Crippen LogP contribution in [0, 0.1) is 11.3 Å². The zero-order valence-electron chi connectivity index (χ0n) is 23.6. The monoisotopic (exact) mass is 541 g/mol. The zero-order valence-corrected chi connectivity index (χ0v) is 24.4. The average Bonchev–Trinajstić information content (AvgIpc) is 2.78. The lowest BCUT2D eigenvalue weighted by Crippen LogP contribution is -2.43. The first-order chi connectivity index (χ1) is 18.0. The SMILES string of the molecule is CN/C=C(/CCCc1ccnc(NC(=O)C2CCC2)c1)SC(C)NC(=O)NC1=CCC(C(C)(C)C)=NN1C. The van der Waals surface area contributed by atoms with Crippen molar-refractivity contribution in [2.75, 3.05) is 19.4 Å². The number of thioether (sulfide) groups is 1. The molecule has 1 aliphatic heterocycles. The highest BCUT2D eigenvalue weighted by molar-refractivity contribution is 8.03. The van der Waals surface area contributed by atoms with Gasteiger partial charge in [-0.05, 0) is 62.8 Å². The van der Waals surface area contributed by atoms with Gasteiger partial charge in [-0.25, -0.2) is 9.78 Å². The molecule has 0 aromatic carbocycles. The Morgan fingerprint density at radius 2 is 2.03 bits per heavy atom. The molecular formula is C28H43N7O2S. The summed E-state index contributed by atoms with van der Waals surface area (Å²) >= 11 is 1.62. The molecule has 1 fully saturated rings. The van der Waals surface area contributed by atoms with Gasteiger partial charge in [0.1, 0.15) is 11.6 Å². The molecule has 3 amide bonds. The summed E-state index contributed by atoms with van der Waals surface area (Å²) in [4.78, 5) is 30.3. The highest BCUT2D eigenvalue weighted by atomic mass is 32.2. The fourth-order valence-electron chi connectivity index (χ4n) is 4.17. The number of rotatable bonds is 11. The Balaban J connectivity index is 1.43. The van der Waals surface area contributed by atoms with E-state index in [1.54, 1.807) is 23.0 Å². The van der Waals surface area contributed by atoms with Gasteiger partial charge in [-0.3, -0.25) is 15.1 Å². The van der Waals surface area contributed by atoms with Crippen LogP contribution in [0.2, 0.25) is 0 Å².